The quantitative estimate of drug-likeness (QED) is 0.647. The van der Waals surface area contributed by atoms with Gasteiger partial charge in [0.15, 0.2) is 6.10 Å². The average Bonchev–Trinajstić information content (AvgIpc) is 2.00. The molecule has 0 amide bonds. The van der Waals surface area contributed by atoms with Crippen LogP contribution >= 0.6 is 0 Å². The number of aliphatic carboxylic acids is 1. The minimum absolute atomic E-state index is 0.169. The molecule has 0 saturated heterocycles. The summed E-state index contributed by atoms with van der Waals surface area (Å²) in [6.45, 7) is 5.68. The third-order valence-corrected chi connectivity index (χ3v) is 2.29. The Morgan fingerprint density at radius 1 is 1.45 bits per heavy atom. The predicted octanol–water partition coefficient (Wildman–Crippen LogP) is 1.11. The van der Waals surface area contributed by atoms with Gasteiger partial charge in [-0.1, -0.05) is 27.2 Å². The van der Waals surface area contributed by atoms with Crippen LogP contribution in [0.3, 0.4) is 0 Å². The molecule has 0 aromatic carbocycles. The first kappa shape index (κ1) is 10.4. The van der Waals surface area contributed by atoms with Gasteiger partial charge in [-0.2, -0.15) is 0 Å². The third-order valence-electron chi connectivity index (χ3n) is 2.29. The van der Waals surface area contributed by atoms with Crippen LogP contribution in [0.5, 0.6) is 0 Å². The Hall–Kier alpha value is -0.570. The number of carboxylic acid groups (broad SMARTS) is 1. The van der Waals surface area contributed by atoms with E-state index in [-0.39, 0.29) is 11.8 Å². The summed E-state index contributed by atoms with van der Waals surface area (Å²) >= 11 is 0. The highest BCUT2D eigenvalue weighted by Gasteiger charge is 2.25. The first-order valence-electron chi connectivity index (χ1n) is 3.91. The lowest BCUT2D eigenvalue weighted by molar-refractivity contribution is -0.150. The van der Waals surface area contributed by atoms with Gasteiger partial charge in [-0.05, 0) is 11.8 Å². The molecule has 3 nitrogen and oxygen atoms in total. The summed E-state index contributed by atoms with van der Waals surface area (Å²) in [6, 6.07) is 0. The molecule has 0 aromatic heterocycles. The smallest absolute Gasteiger partial charge is 0.332 e. The summed E-state index contributed by atoms with van der Waals surface area (Å²) in [5.41, 5.74) is 0. The van der Waals surface area contributed by atoms with Crippen LogP contribution in [0, 0.1) is 11.8 Å². The molecule has 0 spiro atoms. The maximum atomic E-state index is 10.3. The highest BCUT2D eigenvalue weighted by Crippen LogP contribution is 2.18. The van der Waals surface area contributed by atoms with Gasteiger partial charge in [-0.15, -0.1) is 0 Å². The standard InChI is InChI=1S/C8H16O3/c1-4-5(2)6(3)7(9)8(10)11/h5-7,9H,4H2,1-3H3,(H,10,11)/t5-,6-,7+/m0/s1. The molecule has 0 aliphatic heterocycles. The van der Waals surface area contributed by atoms with Gasteiger partial charge in [0.2, 0.25) is 0 Å². The molecule has 0 aliphatic rings. The van der Waals surface area contributed by atoms with Gasteiger partial charge in [-0.3, -0.25) is 0 Å². The highest BCUT2D eigenvalue weighted by molar-refractivity contribution is 5.72. The van der Waals surface area contributed by atoms with E-state index in [2.05, 4.69) is 0 Å². The average molecular weight is 160 g/mol. The van der Waals surface area contributed by atoms with Gasteiger partial charge in [0, 0.05) is 0 Å². The fourth-order valence-corrected chi connectivity index (χ4v) is 0.908. The molecular formula is C8H16O3. The lowest BCUT2D eigenvalue weighted by atomic mass is 9.89. The maximum absolute atomic E-state index is 10.3. The van der Waals surface area contributed by atoms with E-state index in [1.165, 1.54) is 0 Å². The van der Waals surface area contributed by atoms with Crippen LogP contribution in [0.4, 0.5) is 0 Å². The Balaban J connectivity index is 4.00. The van der Waals surface area contributed by atoms with Crippen LogP contribution in [-0.4, -0.2) is 22.3 Å². The van der Waals surface area contributed by atoms with E-state index in [0.29, 0.717) is 0 Å². The van der Waals surface area contributed by atoms with Crippen molar-refractivity contribution in [3.63, 3.8) is 0 Å². The summed E-state index contributed by atoms with van der Waals surface area (Å²) < 4.78 is 0. The van der Waals surface area contributed by atoms with Crippen molar-refractivity contribution in [3.05, 3.63) is 0 Å². The Morgan fingerprint density at radius 2 is 1.91 bits per heavy atom. The summed E-state index contributed by atoms with van der Waals surface area (Å²) in [5.74, 6) is -1.04. The van der Waals surface area contributed by atoms with Crippen molar-refractivity contribution in [2.75, 3.05) is 0 Å². The largest absolute Gasteiger partial charge is 0.479 e. The van der Waals surface area contributed by atoms with Gasteiger partial charge in [0.1, 0.15) is 0 Å². The van der Waals surface area contributed by atoms with Gasteiger partial charge < -0.3 is 10.2 Å². The van der Waals surface area contributed by atoms with Crippen molar-refractivity contribution >= 4 is 5.97 Å². The molecule has 0 heterocycles. The van der Waals surface area contributed by atoms with E-state index >= 15 is 0 Å². The van der Waals surface area contributed by atoms with Crippen LogP contribution in [0.1, 0.15) is 27.2 Å². The molecule has 2 N–H and O–H groups in total. The zero-order valence-corrected chi connectivity index (χ0v) is 7.24. The fourth-order valence-electron chi connectivity index (χ4n) is 0.908. The van der Waals surface area contributed by atoms with Crippen LogP contribution < -0.4 is 0 Å². The number of carboxylic acids is 1. The minimum atomic E-state index is -1.22. The van der Waals surface area contributed by atoms with Crippen molar-refractivity contribution in [2.45, 2.75) is 33.3 Å². The number of hydrogen-bond acceptors (Lipinski definition) is 2. The van der Waals surface area contributed by atoms with Gasteiger partial charge >= 0.3 is 5.97 Å². The van der Waals surface area contributed by atoms with Crippen LogP contribution in [0.2, 0.25) is 0 Å². The van der Waals surface area contributed by atoms with Crippen molar-refractivity contribution in [1.29, 1.82) is 0 Å². The van der Waals surface area contributed by atoms with Crippen molar-refractivity contribution in [2.24, 2.45) is 11.8 Å². The monoisotopic (exact) mass is 160 g/mol. The number of carbonyl (C=O) groups is 1. The zero-order valence-electron chi connectivity index (χ0n) is 7.24. The van der Waals surface area contributed by atoms with Crippen LogP contribution in [0.25, 0.3) is 0 Å². The molecule has 66 valence electrons. The van der Waals surface area contributed by atoms with Crippen LogP contribution in [0.15, 0.2) is 0 Å². The summed E-state index contributed by atoms with van der Waals surface area (Å²) in [4.78, 5) is 10.3. The highest BCUT2D eigenvalue weighted by atomic mass is 16.4. The first-order valence-corrected chi connectivity index (χ1v) is 3.91. The second kappa shape index (κ2) is 4.34. The van der Waals surface area contributed by atoms with Crippen LogP contribution in [-0.2, 0) is 4.79 Å². The SMILES string of the molecule is CC[C@H](C)[C@H](C)[C@@H](O)C(=O)O. The summed E-state index contributed by atoms with van der Waals surface area (Å²) in [6.07, 6.45) is -0.323. The molecular weight excluding hydrogens is 144 g/mol. The third kappa shape index (κ3) is 2.89. The number of aliphatic hydroxyl groups excluding tert-OH is 1. The molecule has 3 heteroatoms. The van der Waals surface area contributed by atoms with Gasteiger partial charge in [-0.25, -0.2) is 4.79 Å². The number of aliphatic hydroxyl groups is 1. The zero-order chi connectivity index (χ0) is 9.02. The minimum Gasteiger partial charge on any atom is -0.479 e. The van der Waals surface area contributed by atoms with E-state index in [1.807, 2.05) is 13.8 Å². The molecule has 0 aliphatic carbocycles. The summed E-state index contributed by atoms with van der Waals surface area (Å²) in [5, 5.41) is 17.5. The second-order valence-corrected chi connectivity index (χ2v) is 3.03. The molecule has 0 rings (SSSR count). The molecule has 3 atom stereocenters. The Labute approximate surface area is 67.0 Å². The molecule has 0 fully saturated rings. The van der Waals surface area contributed by atoms with E-state index < -0.39 is 12.1 Å². The van der Waals surface area contributed by atoms with Crippen molar-refractivity contribution in [1.82, 2.24) is 0 Å². The summed E-state index contributed by atoms with van der Waals surface area (Å²) in [7, 11) is 0. The van der Waals surface area contributed by atoms with Crippen molar-refractivity contribution in [3.8, 4) is 0 Å². The maximum Gasteiger partial charge on any atom is 0.332 e. The van der Waals surface area contributed by atoms with E-state index in [1.54, 1.807) is 6.92 Å². The Bertz CT molecular complexity index is 133. The Morgan fingerprint density at radius 3 is 2.18 bits per heavy atom. The lowest BCUT2D eigenvalue weighted by Gasteiger charge is -2.20. The molecule has 11 heavy (non-hydrogen) atoms. The van der Waals surface area contributed by atoms with E-state index in [0.717, 1.165) is 6.42 Å². The van der Waals surface area contributed by atoms with Gasteiger partial charge in [0.25, 0.3) is 0 Å². The first-order chi connectivity index (χ1) is 5.00. The Kier molecular flexibility index (Phi) is 4.11. The molecule has 0 aromatic rings. The second-order valence-electron chi connectivity index (χ2n) is 3.03. The molecule has 0 unspecified atom stereocenters. The number of hydrogen-bond donors (Lipinski definition) is 2. The molecule has 0 bridgehead atoms. The molecule has 0 saturated carbocycles. The normalized spacial score (nSPS) is 18.9. The topological polar surface area (TPSA) is 57.5 Å². The number of rotatable bonds is 4. The van der Waals surface area contributed by atoms with E-state index in [9.17, 15) is 4.79 Å². The lowest BCUT2D eigenvalue weighted by Crippen LogP contribution is -2.31. The molecule has 0 radical (unpaired) electrons. The van der Waals surface area contributed by atoms with E-state index in [4.69, 9.17) is 10.2 Å². The van der Waals surface area contributed by atoms with Crippen molar-refractivity contribution < 1.29 is 15.0 Å². The fraction of sp³-hybridized carbons (Fsp3) is 0.875. The predicted molar refractivity (Wildman–Crippen MR) is 42.3 cm³/mol. The van der Waals surface area contributed by atoms with Gasteiger partial charge in [0.05, 0.1) is 0 Å².